The first-order chi connectivity index (χ1) is 1.91. The van der Waals surface area contributed by atoms with E-state index < -0.39 is 0 Å². The minimum atomic E-state index is 0. The molecular formula is C3H10O3Ti. The first-order valence-electron chi connectivity index (χ1n) is 1.56. The third-order valence-electron chi connectivity index (χ3n) is 0.250. The Hall–Kier alpha value is 0.594. The van der Waals surface area contributed by atoms with Crippen LogP contribution in [0.5, 0.6) is 0 Å². The van der Waals surface area contributed by atoms with E-state index in [0.29, 0.717) is 0 Å². The largest absolute Gasteiger partial charge is 0.870 e. The van der Waals surface area contributed by atoms with Crippen molar-refractivity contribution in [3.8, 4) is 0 Å². The van der Waals surface area contributed by atoms with Gasteiger partial charge < -0.3 is 16.4 Å². The van der Waals surface area contributed by atoms with Crippen LogP contribution in [-0.2, 0) is 20.4 Å². The van der Waals surface area contributed by atoms with Crippen LogP contribution in [0.15, 0.2) is 0 Å². The number of hydrogen-bond donors (Lipinski definition) is 0. The van der Waals surface area contributed by atoms with E-state index in [0.717, 1.165) is 0 Å². The molecule has 0 atom stereocenters. The molecule has 0 aliphatic carbocycles. The fourth-order valence-electron chi connectivity index (χ4n) is 0. The number of hydrogen-bond acceptors (Lipinski definition) is 3. The van der Waals surface area contributed by atoms with Crippen molar-refractivity contribution in [3.63, 3.8) is 0 Å². The molecule has 0 aliphatic heterocycles. The van der Waals surface area contributed by atoms with Crippen LogP contribution in [0.25, 0.3) is 0 Å². The van der Waals surface area contributed by atoms with Crippen molar-refractivity contribution >= 4 is 0 Å². The molecule has 0 saturated carbocycles. The average molecular weight is 142 g/mol. The zero-order chi connectivity index (χ0) is 3.41. The van der Waals surface area contributed by atoms with Crippen molar-refractivity contribution in [1.82, 2.24) is 0 Å². The summed E-state index contributed by atoms with van der Waals surface area (Å²) in [6.07, 6.45) is 1.32. The molecule has 7 heavy (non-hydrogen) atoms. The van der Waals surface area contributed by atoms with Crippen LogP contribution < -0.4 is 0 Å². The van der Waals surface area contributed by atoms with Crippen molar-refractivity contribution in [2.45, 2.75) is 18.1 Å². The molecule has 0 radical (unpaired) electrons. The molecule has 0 fully saturated rings. The molecule has 0 saturated heterocycles. The summed E-state index contributed by atoms with van der Waals surface area (Å²) in [4.78, 5) is 0. The van der Waals surface area contributed by atoms with Gasteiger partial charge in [0.15, 0.2) is 0 Å². The Morgan fingerprint density at radius 3 is 1.29 bits per heavy atom. The second-order valence-electron chi connectivity index (χ2n) is 0.750. The fraction of sp³-hybridized carbons (Fsp3) is 1.00. The standard InChI is InChI=1S/C3H7.3H2O.Ti/c1-3-2;;;;/h1,3H2,2H3;3*1H2;/q;;;;+3/p-3. The molecule has 0 rings (SSSR count). The van der Waals surface area contributed by atoms with Crippen molar-refractivity contribution < 1.29 is 36.9 Å². The Labute approximate surface area is 55.4 Å². The van der Waals surface area contributed by atoms with Crippen LogP contribution in [0.4, 0.5) is 0 Å². The summed E-state index contributed by atoms with van der Waals surface area (Å²) < 4.78 is 1.32. The quantitative estimate of drug-likeness (QED) is 0.507. The van der Waals surface area contributed by atoms with E-state index in [-0.39, 0.29) is 16.4 Å². The molecular weight excluding hydrogens is 132 g/mol. The van der Waals surface area contributed by atoms with E-state index in [1.807, 2.05) is 0 Å². The van der Waals surface area contributed by atoms with Crippen molar-refractivity contribution in [2.24, 2.45) is 0 Å². The summed E-state index contributed by atoms with van der Waals surface area (Å²) in [5.41, 5.74) is 0. The first kappa shape index (κ1) is 25.6. The van der Waals surface area contributed by atoms with Crippen LogP contribution in [0.1, 0.15) is 13.3 Å². The van der Waals surface area contributed by atoms with Crippen molar-refractivity contribution in [1.29, 1.82) is 0 Å². The molecule has 0 bridgehead atoms. The van der Waals surface area contributed by atoms with Gasteiger partial charge in [0.2, 0.25) is 0 Å². The van der Waals surface area contributed by atoms with Gasteiger partial charge in [0.05, 0.1) is 0 Å². The van der Waals surface area contributed by atoms with Crippen LogP contribution >= 0.6 is 0 Å². The van der Waals surface area contributed by atoms with E-state index in [4.69, 9.17) is 0 Å². The summed E-state index contributed by atoms with van der Waals surface area (Å²) in [5, 5.41) is 0. The smallest absolute Gasteiger partial charge is 0.870 e. The van der Waals surface area contributed by atoms with E-state index in [9.17, 15) is 0 Å². The molecule has 3 nitrogen and oxygen atoms in total. The Morgan fingerprint density at radius 1 is 1.14 bits per heavy atom. The maximum atomic E-state index is 2.18. The van der Waals surface area contributed by atoms with Gasteiger partial charge in [-0.3, -0.25) is 0 Å². The van der Waals surface area contributed by atoms with Crippen LogP contribution in [0.3, 0.4) is 0 Å². The third-order valence-corrected chi connectivity index (χ3v) is 1.03. The monoisotopic (exact) mass is 142 g/mol. The zero-order valence-corrected chi connectivity index (χ0v) is 5.82. The number of rotatable bonds is 1. The van der Waals surface area contributed by atoms with Crippen molar-refractivity contribution in [3.05, 3.63) is 0 Å². The summed E-state index contributed by atoms with van der Waals surface area (Å²) in [6.45, 7) is 2.18. The summed E-state index contributed by atoms with van der Waals surface area (Å²) in [6, 6.07) is 0. The van der Waals surface area contributed by atoms with Crippen molar-refractivity contribution in [2.75, 3.05) is 0 Å². The molecule has 0 heterocycles. The SMILES string of the molecule is CC[CH2][Ti+3].[OH-].[OH-].[OH-]. The van der Waals surface area contributed by atoms with Gasteiger partial charge in [-0.15, -0.1) is 0 Å². The summed E-state index contributed by atoms with van der Waals surface area (Å²) in [7, 11) is 0. The van der Waals surface area contributed by atoms with Gasteiger partial charge in [-0.25, -0.2) is 0 Å². The molecule has 44 valence electrons. The van der Waals surface area contributed by atoms with Crippen LogP contribution in [-0.4, -0.2) is 16.4 Å². The first-order valence-corrected chi connectivity index (χ1v) is 2.66. The Kier molecular flexibility index (Phi) is 112. The third kappa shape index (κ3) is 54.8. The molecule has 0 aromatic heterocycles. The fourth-order valence-corrected chi connectivity index (χ4v) is 0. The Balaban J connectivity index is -0.0000000150. The van der Waals surface area contributed by atoms with Gasteiger partial charge in [0.1, 0.15) is 0 Å². The normalized spacial score (nSPS) is 4.43. The van der Waals surface area contributed by atoms with Gasteiger partial charge >= 0.3 is 38.5 Å². The molecule has 0 aromatic rings. The van der Waals surface area contributed by atoms with E-state index >= 15 is 0 Å². The van der Waals surface area contributed by atoms with Gasteiger partial charge in [-0.2, -0.15) is 0 Å². The van der Waals surface area contributed by atoms with E-state index in [2.05, 4.69) is 27.4 Å². The molecule has 0 amide bonds. The molecule has 0 aliphatic rings. The molecule has 4 heteroatoms. The topological polar surface area (TPSA) is 90.0 Å². The average Bonchev–Trinajstić information content (AvgIpc) is 1.37. The van der Waals surface area contributed by atoms with E-state index in [1.54, 1.807) is 0 Å². The van der Waals surface area contributed by atoms with Gasteiger partial charge in [-0.05, 0) is 0 Å². The summed E-state index contributed by atoms with van der Waals surface area (Å²) in [5.74, 6) is 0. The predicted octanol–water partition coefficient (Wildman–Crippen LogP) is 0.831. The predicted molar refractivity (Wildman–Crippen MR) is 20.9 cm³/mol. The maximum Gasteiger partial charge on any atom is -0.870 e. The minimum absolute atomic E-state index is 0. The molecule has 3 N–H and O–H groups in total. The van der Waals surface area contributed by atoms with E-state index in [1.165, 1.54) is 11.1 Å². The molecule has 0 spiro atoms. The second kappa shape index (κ2) is 30.7. The van der Waals surface area contributed by atoms with Gasteiger partial charge in [-0.1, -0.05) is 0 Å². The molecule has 0 unspecified atom stereocenters. The summed E-state index contributed by atoms with van der Waals surface area (Å²) >= 11 is 2.18. The van der Waals surface area contributed by atoms with Crippen LogP contribution in [0.2, 0.25) is 4.73 Å². The zero-order valence-electron chi connectivity index (χ0n) is 4.26. The second-order valence-corrected chi connectivity index (χ2v) is 1.53. The Morgan fingerprint density at radius 2 is 1.29 bits per heavy atom. The van der Waals surface area contributed by atoms with Crippen LogP contribution in [0, 0.1) is 0 Å². The maximum absolute atomic E-state index is 2.18. The minimum Gasteiger partial charge on any atom is -0.870 e. The van der Waals surface area contributed by atoms with Gasteiger partial charge in [0, 0.05) is 0 Å². The Bertz CT molecular complexity index is 12.1. The molecule has 0 aromatic carbocycles. The van der Waals surface area contributed by atoms with Gasteiger partial charge in [0.25, 0.3) is 0 Å².